The first kappa shape index (κ1) is 20.3. The maximum Gasteiger partial charge on any atom is 0.288 e. The molecule has 0 aliphatic carbocycles. The lowest BCUT2D eigenvalue weighted by molar-refractivity contribution is -0.384. The highest BCUT2D eigenvalue weighted by Gasteiger charge is 2.34. The number of halogens is 2. The Morgan fingerprint density at radius 1 is 1.21 bits per heavy atom. The van der Waals surface area contributed by atoms with Crippen LogP contribution in [0.15, 0.2) is 47.4 Å². The van der Waals surface area contributed by atoms with Crippen molar-refractivity contribution in [2.75, 3.05) is 0 Å². The zero-order chi connectivity index (χ0) is 20.4. The van der Waals surface area contributed by atoms with Crippen molar-refractivity contribution in [2.45, 2.75) is 0 Å². The molecule has 0 spiro atoms. The van der Waals surface area contributed by atoms with Crippen molar-refractivity contribution in [1.82, 2.24) is 10.4 Å². The van der Waals surface area contributed by atoms with Gasteiger partial charge in [0.05, 0.1) is 9.83 Å². The lowest BCUT2D eigenvalue weighted by Gasteiger charge is -2.15. The third kappa shape index (κ3) is 4.17. The van der Waals surface area contributed by atoms with Crippen LogP contribution < -0.4 is 5.43 Å². The predicted molar refractivity (Wildman–Crippen MR) is 112 cm³/mol. The van der Waals surface area contributed by atoms with Crippen molar-refractivity contribution in [2.24, 2.45) is 0 Å². The predicted octanol–water partition coefficient (Wildman–Crippen LogP) is 4.45. The van der Waals surface area contributed by atoms with Crippen molar-refractivity contribution in [3.63, 3.8) is 0 Å². The van der Waals surface area contributed by atoms with Crippen LogP contribution in [0.5, 0.6) is 0 Å². The fourth-order valence-corrected chi connectivity index (χ4v) is 3.94. The molecule has 11 heteroatoms. The van der Waals surface area contributed by atoms with Gasteiger partial charge < -0.3 is 0 Å². The average molecular weight is 454 g/mol. The van der Waals surface area contributed by atoms with Crippen LogP contribution in [0.25, 0.3) is 6.08 Å². The third-order valence-corrected chi connectivity index (χ3v) is 5.52. The van der Waals surface area contributed by atoms with E-state index in [1.165, 1.54) is 18.2 Å². The Morgan fingerprint density at radius 3 is 2.54 bits per heavy atom. The molecule has 28 heavy (non-hydrogen) atoms. The second-order valence-corrected chi connectivity index (χ2v) is 7.90. The monoisotopic (exact) mass is 453 g/mol. The second-order valence-electron chi connectivity index (χ2n) is 5.41. The van der Waals surface area contributed by atoms with Gasteiger partial charge in [-0.3, -0.25) is 25.1 Å². The van der Waals surface area contributed by atoms with Crippen molar-refractivity contribution in [3.05, 3.63) is 78.7 Å². The first-order valence-corrected chi connectivity index (χ1v) is 9.53. The van der Waals surface area contributed by atoms with Crippen LogP contribution in [0, 0.1) is 10.1 Å². The van der Waals surface area contributed by atoms with E-state index in [0.717, 1.165) is 16.8 Å². The van der Waals surface area contributed by atoms with E-state index in [1.54, 1.807) is 30.3 Å². The van der Waals surface area contributed by atoms with Gasteiger partial charge in [0.15, 0.2) is 4.32 Å². The largest absolute Gasteiger partial charge is 0.288 e. The molecule has 1 aliphatic heterocycles. The highest BCUT2D eigenvalue weighted by molar-refractivity contribution is 8.26. The van der Waals surface area contributed by atoms with E-state index in [2.05, 4.69) is 5.43 Å². The lowest BCUT2D eigenvalue weighted by Crippen LogP contribution is -2.44. The van der Waals surface area contributed by atoms with Gasteiger partial charge in [0.2, 0.25) is 0 Å². The summed E-state index contributed by atoms with van der Waals surface area (Å²) in [4.78, 5) is 35.4. The summed E-state index contributed by atoms with van der Waals surface area (Å²) >= 11 is 18.0. The summed E-state index contributed by atoms with van der Waals surface area (Å²) < 4.78 is 0.111. The summed E-state index contributed by atoms with van der Waals surface area (Å²) in [6, 6.07) is 10.7. The first-order chi connectivity index (χ1) is 13.3. The van der Waals surface area contributed by atoms with Gasteiger partial charge >= 0.3 is 0 Å². The van der Waals surface area contributed by atoms with Gasteiger partial charge in [0, 0.05) is 22.2 Å². The van der Waals surface area contributed by atoms with Gasteiger partial charge in [-0.2, -0.15) is 5.01 Å². The number of thioether (sulfide) groups is 1. The molecule has 2 aromatic carbocycles. The summed E-state index contributed by atoms with van der Waals surface area (Å²) in [7, 11) is 0. The number of carbonyl (C=O) groups excluding carboxylic acids is 2. The first-order valence-electron chi connectivity index (χ1n) is 7.55. The van der Waals surface area contributed by atoms with Crippen molar-refractivity contribution >= 4 is 75.1 Å². The van der Waals surface area contributed by atoms with E-state index < -0.39 is 16.7 Å². The van der Waals surface area contributed by atoms with E-state index >= 15 is 0 Å². The summed E-state index contributed by atoms with van der Waals surface area (Å²) in [6.45, 7) is 0. The lowest BCUT2D eigenvalue weighted by atomic mass is 10.2. The second kappa shape index (κ2) is 8.27. The van der Waals surface area contributed by atoms with Crippen molar-refractivity contribution in [1.29, 1.82) is 0 Å². The van der Waals surface area contributed by atoms with Gasteiger partial charge in [0.25, 0.3) is 17.5 Å². The minimum absolute atomic E-state index is 0.111. The summed E-state index contributed by atoms with van der Waals surface area (Å²) in [5.41, 5.74) is 2.69. The average Bonchev–Trinajstić information content (AvgIpc) is 2.91. The maximum absolute atomic E-state index is 12.6. The van der Waals surface area contributed by atoms with E-state index in [-0.39, 0.29) is 30.5 Å². The fourth-order valence-electron chi connectivity index (χ4n) is 2.27. The van der Waals surface area contributed by atoms with E-state index in [9.17, 15) is 19.7 Å². The topological polar surface area (TPSA) is 92.6 Å². The van der Waals surface area contributed by atoms with Crippen molar-refractivity contribution < 1.29 is 14.5 Å². The highest BCUT2D eigenvalue weighted by atomic mass is 35.5. The van der Waals surface area contributed by atoms with Crippen LogP contribution in [-0.2, 0) is 4.79 Å². The van der Waals surface area contributed by atoms with Crippen LogP contribution in [-0.4, -0.2) is 26.1 Å². The van der Waals surface area contributed by atoms with Crippen LogP contribution in [0.2, 0.25) is 10.0 Å². The number of carbonyl (C=O) groups is 2. The molecule has 1 heterocycles. The molecule has 142 valence electrons. The van der Waals surface area contributed by atoms with Crippen LogP contribution in [0.3, 0.4) is 0 Å². The summed E-state index contributed by atoms with van der Waals surface area (Å²) in [6.07, 6.45) is 1.36. The normalized spacial score (nSPS) is 15.2. The van der Waals surface area contributed by atoms with Crippen LogP contribution in [0.4, 0.5) is 5.69 Å². The van der Waals surface area contributed by atoms with Gasteiger partial charge in [0.1, 0.15) is 5.02 Å². The Labute approximate surface area is 178 Å². The quantitative estimate of drug-likeness (QED) is 0.318. The zero-order valence-electron chi connectivity index (χ0n) is 13.7. The smallest absolute Gasteiger partial charge is 0.267 e. The molecule has 7 nitrogen and oxygen atoms in total. The Bertz CT molecular complexity index is 1040. The molecule has 0 unspecified atom stereocenters. The third-order valence-electron chi connectivity index (χ3n) is 3.59. The van der Waals surface area contributed by atoms with Gasteiger partial charge in [-0.05, 0) is 36.5 Å². The van der Waals surface area contributed by atoms with Gasteiger partial charge in [-0.15, -0.1) is 0 Å². The highest BCUT2D eigenvalue weighted by Crippen LogP contribution is 2.36. The molecule has 3 rings (SSSR count). The molecule has 0 radical (unpaired) electrons. The Hall–Kier alpha value is -2.46. The molecule has 0 atom stereocenters. The molecule has 0 aromatic heterocycles. The number of thiocarbonyl (C=S) groups is 1. The minimum atomic E-state index is -0.651. The Kier molecular flexibility index (Phi) is 5.99. The van der Waals surface area contributed by atoms with E-state index in [0.29, 0.717) is 5.56 Å². The number of nitrogens with zero attached hydrogens (tertiary/aromatic N) is 2. The molecule has 0 saturated carbocycles. The molecular weight excluding hydrogens is 445 g/mol. The SMILES string of the molecule is O=C(NN1C(=O)/C(=C/c2cc([N+](=O)[O-])c(Cl)cc2Cl)SC1=S)c1ccccc1. The molecule has 1 saturated heterocycles. The van der Waals surface area contributed by atoms with Crippen LogP contribution >= 0.6 is 47.2 Å². The minimum Gasteiger partial charge on any atom is -0.267 e. The molecule has 1 aliphatic rings. The number of nitro benzene ring substituents is 1. The zero-order valence-corrected chi connectivity index (χ0v) is 16.9. The number of amides is 2. The van der Waals surface area contributed by atoms with E-state index in [1.807, 2.05) is 0 Å². The van der Waals surface area contributed by atoms with Crippen molar-refractivity contribution in [3.8, 4) is 0 Å². The Balaban J connectivity index is 1.86. The molecule has 1 N–H and O–H groups in total. The maximum atomic E-state index is 12.6. The van der Waals surface area contributed by atoms with Gasteiger partial charge in [-0.1, -0.05) is 53.2 Å². The van der Waals surface area contributed by atoms with E-state index in [4.69, 9.17) is 35.4 Å². The number of benzene rings is 2. The van der Waals surface area contributed by atoms with Crippen LogP contribution in [0.1, 0.15) is 15.9 Å². The number of rotatable bonds is 4. The standard InChI is InChI=1S/C17H9Cl2N3O4S2/c18-11-8-12(19)13(22(25)26)6-10(11)7-14-16(24)21(17(27)28-14)20-15(23)9-4-2-1-3-5-9/h1-8H,(H,20,23)/b14-7-. The molecule has 1 fully saturated rings. The number of nitrogens with one attached hydrogen (secondary N) is 1. The molecule has 0 bridgehead atoms. The van der Waals surface area contributed by atoms with Gasteiger partial charge in [-0.25, -0.2) is 0 Å². The number of nitro groups is 1. The summed E-state index contributed by atoms with van der Waals surface area (Å²) in [5, 5.41) is 12.0. The Morgan fingerprint density at radius 2 is 1.89 bits per heavy atom. The molecule has 2 aromatic rings. The number of hydrogen-bond donors (Lipinski definition) is 1. The molecule has 2 amide bonds. The molecular formula is C17H9Cl2N3O4S2. The fraction of sp³-hybridized carbons (Fsp3) is 0. The summed E-state index contributed by atoms with van der Waals surface area (Å²) in [5.74, 6) is -1.08. The number of hydrazine groups is 1. The number of hydrogen-bond acceptors (Lipinski definition) is 6.